The number of hydrogen-bond donors (Lipinski definition) is 0. The van der Waals surface area contributed by atoms with Crippen molar-refractivity contribution in [3.05, 3.63) is 34.2 Å². The molecule has 2 aromatic rings. The normalized spacial score (nSPS) is 10.6. The van der Waals surface area contributed by atoms with Gasteiger partial charge in [0.1, 0.15) is 4.88 Å². The molecule has 0 unspecified atom stereocenters. The Labute approximate surface area is 132 Å². The summed E-state index contributed by atoms with van der Waals surface area (Å²) in [6.45, 7) is 0.485. The SMILES string of the molecule is COC(=O)CCCN(C)C(=O)c1sc2ccccc2c1Cl. The molecule has 0 N–H and O–H groups in total. The van der Waals surface area contributed by atoms with Crippen molar-refractivity contribution >= 4 is 44.9 Å². The lowest BCUT2D eigenvalue weighted by atomic mass is 10.2. The first-order valence-electron chi connectivity index (χ1n) is 6.54. The molecule has 1 aromatic heterocycles. The molecular formula is C15H16ClNO3S. The third-order valence-electron chi connectivity index (χ3n) is 3.18. The first-order chi connectivity index (χ1) is 10.0. The van der Waals surface area contributed by atoms with Gasteiger partial charge in [0, 0.05) is 30.1 Å². The molecule has 21 heavy (non-hydrogen) atoms. The number of esters is 1. The van der Waals surface area contributed by atoms with Gasteiger partial charge in [-0.3, -0.25) is 9.59 Å². The van der Waals surface area contributed by atoms with Crippen molar-refractivity contribution in [2.24, 2.45) is 0 Å². The van der Waals surface area contributed by atoms with E-state index in [1.165, 1.54) is 18.4 Å². The van der Waals surface area contributed by atoms with Crippen molar-refractivity contribution in [3.8, 4) is 0 Å². The second-order valence-corrected chi connectivity index (χ2v) is 6.08. The topological polar surface area (TPSA) is 46.6 Å². The van der Waals surface area contributed by atoms with Crippen molar-refractivity contribution in [1.29, 1.82) is 0 Å². The predicted molar refractivity (Wildman–Crippen MR) is 85.0 cm³/mol. The number of carbonyl (C=O) groups is 2. The largest absolute Gasteiger partial charge is 0.469 e. The van der Waals surface area contributed by atoms with Crippen LogP contribution in [-0.4, -0.2) is 37.5 Å². The molecule has 0 aliphatic heterocycles. The van der Waals surface area contributed by atoms with E-state index >= 15 is 0 Å². The van der Waals surface area contributed by atoms with Gasteiger partial charge in [-0.05, 0) is 12.5 Å². The lowest BCUT2D eigenvalue weighted by Crippen LogP contribution is -2.27. The number of rotatable bonds is 5. The van der Waals surface area contributed by atoms with Gasteiger partial charge >= 0.3 is 5.97 Å². The molecule has 0 aliphatic rings. The minimum Gasteiger partial charge on any atom is -0.469 e. The highest BCUT2D eigenvalue weighted by molar-refractivity contribution is 7.21. The quantitative estimate of drug-likeness (QED) is 0.789. The van der Waals surface area contributed by atoms with Crippen molar-refractivity contribution in [1.82, 2.24) is 4.90 Å². The molecule has 0 radical (unpaired) electrons. The molecule has 6 heteroatoms. The van der Waals surface area contributed by atoms with E-state index < -0.39 is 0 Å². The maximum Gasteiger partial charge on any atom is 0.305 e. The average Bonchev–Trinajstić information content (AvgIpc) is 2.83. The number of ether oxygens (including phenoxy) is 1. The van der Waals surface area contributed by atoms with E-state index in [9.17, 15) is 9.59 Å². The van der Waals surface area contributed by atoms with E-state index in [4.69, 9.17) is 11.6 Å². The number of halogens is 1. The summed E-state index contributed by atoms with van der Waals surface area (Å²) in [5, 5.41) is 1.40. The lowest BCUT2D eigenvalue weighted by molar-refractivity contribution is -0.140. The van der Waals surface area contributed by atoms with E-state index in [1.807, 2.05) is 24.3 Å². The van der Waals surface area contributed by atoms with Crippen molar-refractivity contribution in [3.63, 3.8) is 0 Å². The van der Waals surface area contributed by atoms with E-state index in [2.05, 4.69) is 4.74 Å². The number of nitrogens with zero attached hydrogens (tertiary/aromatic N) is 1. The molecular weight excluding hydrogens is 310 g/mol. The van der Waals surface area contributed by atoms with Crippen LogP contribution >= 0.6 is 22.9 Å². The summed E-state index contributed by atoms with van der Waals surface area (Å²) in [5.74, 6) is -0.387. The van der Waals surface area contributed by atoms with Gasteiger partial charge in [-0.25, -0.2) is 0 Å². The van der Waals surface area contributed by atoms with Crippen LogP contribution in [0.3, 0.4) is 0 Å². The molecule has 0 saturated carbocycles. The zero-order valence-corrected chi connectivity index (χ0v) is 13.5. The molecule has 1 amide bonds. The van der Waals surface area contributed by atoms with Crippen molar-refractivity contribution in [2.45, 2.75) is 12.8 Å². The fourth-order valence-electron chi connectivity index (χ4n) is 1.99. The molecule has 1 aromatic carbocycles. The van der Waals surface area contributed by atoms with Crippen LogP contribution in [0.15, 0.2) is 24.3 Å². The van der Waals surface area contributed by atoms with Crippen LogP contribution in [0.4, 0.5) is 0 Å². The fraction of sp³-hybridized carbons (Fsp3) is 0.333. The third kappa shape index (κ3) is 3.54. The fourth-order valence-corrected chi connectivity index (χ4v) is 3.50. The molecule has 0 atom stereocenters. The van der Waals surface area contributed by atoms with Crippen LogP contribution in [0, 0.1) is 0 Å². The number of thiophene rings is 1. The van der Waals surface area contributed by atoms with Crippen molar-refractivity contribution in [2.75, 3.05) is 20.7 Å². The lowest BCUT2D eigenvalue weighted by Gasteiger charge is -2.16. The maximum atomic E-state index is 12.4. The molecule has 1 heterocycles. The molecule has 2 rings (SSSR count). The smallest absolute Gasteiger partial charge is 0.305 e. The van der Waals surface area contributed by atoms with Gasteiger partial charge in [0.05, 0.1) is 12.1 Å². The van der Waals surface area contributed by atoms with Gasteiger partial charge in [0.2, 0.25) is 0 Å². The number of hydrogen-bond acceptors (Lipinski definition) is 4. The zero-order chi connectivity index (χ0) is 15.4. The number of fused-ring (bicyclic) bond motifs is 1. The van der Waals surface area contributed by atoms with Crippen molar-refractivity contribution < 1.29 is 14.3 Å². The minimum atomic E-state index is -0.268. The van der Waals surface area contributed by atoms with Crippen LogP contribution in [0.2, 0.25) is 5.02 Å². The Hall–Kier alpha value is -1.59. The molecule has 112 valence electrons. The summed E-state index contributed by atoms with van der Waals surface area (Å²) in [7, 11) is 3.06. The maximum absolute atomic E-state index is 12.4. The van der Waals surface area contributed by atoms with Gasteiger partial charge in [-0.2, -0.15) is 0 Å². The summed E-state index contributed by atoms with van der Waals surface area (Å²) in [5.41, 5.74) is 0. The Balaban J connectivity index is 2.07. The highest BCUT2D eigenvalue weighted by Gasteiger charge is 2.20. The second kappa shape index (κ2) is 6.91. The summed E-state index contributed by atoms with van der Waals surface area (Å²) < 4.78 is 5.57. The number of benzene rings is 1. The Morgan fingerprint density at radius 1 is 1.33 bits per heavy atom. The van der Waals surface area contributed by atoms with Gasteiger partial charge in [0.15, 0.2) is 0 Å². The number of methoxy groups -OCH3 is 1. The Kier molecular flexibility index (Phi) is 5.20. The van der Waals surface area contributed by atoms with Gasteiger partial charge in [-0.15, -0.1) is 11.3 Å². The predicted octanol–water partition coefficient (Wildman–Crippen LogP) is 3.58. The monoisotopic (exact) mass is 325 g/mol. The Morgan fingerprint density at radius 2 is 2.05 bits per heavy atom. The summed E-state index contributed by atoms with van der Waals surface area (Å²) in [6.07, 6.45) is 0.867. The summed E-state index contributed by atoms with van der Waals surface area (Å²) >= 11 is 7.68. The Morgan fingerprint density at radius 3 is 2.71 bits per heavy atom. The molecule has 0 bridgehead atoms. The van der Waals surface area contributed by atoms with E-state index in [1.54, 1.807) is 11.9 Å². The molecule has 0 fully saturated rings. The van der Waals surface area contributed by atoms with Crippen LogP contribution in [-0.2, 0) is 9.53 Å². The van der Waals surface area contributed by atoms with Gasteiger partial charge in [-0.1, -0.05) is 29.8 Å². The highest BCUT2D eigenvalue weighted by atomic mass is 35.5. The first kappa shape index (κ1) is 15.8. The minimum absolute atomic E-state index is 0.119. The molecule has 0 saturated heterocycles. The zero-order valence-electron chi connectivity index (χ0n) is 11.9. The highest BCUT2D eigenvalue weighted by Crippen LogP contribution is 2.35. The standard InChI is InChI=1S/C15H16ClNO3S/c1-17(9-5-8-12(18)20-2)15(19)14-13(16)10-6-3-4-7-11(10)21-14/h3-4,6-7H,5,8-9H2,1-2H3. The number of carbonyl (C=O) groups excluding carboxylic acids is 2. The molecule has 0 spiro atoms. The van der Waals surface area contributed by atoms with Gasteiger partial charge in [0.25, 0.3) is 5.91 Å². The van der Waals surface area contributed by atoms with E-state index in [0.717, 1.165) is 10.1 Å². The van der Waals surface area contributed by atoms with E-state index in [0.29, 0.717) is 29.3 Å². The van der Waals surface area contributed by atoms with Gasteiger partial charge < -0.3 is 9.64 Å². The van der Waals surface area contributed by atoms with Crippen LogP contribution in [0.1, 0.15) is 22.5 Å². The third-order valence-corrected chi connectivity index (χ3v) is 4.84. The van der Waals surface area contributed by atoms with Crippen LogP contribution in [0.5, 0.6) is 0 Å². The molecule has 0 aliphatic carbocycles. The summed E-state index contributed by atoms with van der Waals surface area (Å²) in [6, 6.07) is 7.67. The average molecular weight is 326 g/mol. The first-order valence-corrected chi connectivity index (χ1v) is 7.73. The van der Waals surface area contributed by atoms with Crippen LogP contribution < -0.4 is 0 Å². The summed E-state index contributed by atoms with van der Waals surface area (Å²) in [4.78, 5) is 25.6. The number of amides is 1. The molecule has 4 nitrogen and oxygen atoms in total. The Bertz CT molecular complexity index is 668. The second-order valence-electron chi connectivity index (χ2n) is 4.65. The van der Waals surface area contributed by atoms with Crippen LogP contribution in [0.25, 0.3) is 10.1 Å². The van der Waals surface area contributed by atoms with E-state index in [-0.39, 0.29) is 11.9 Å².